The first-order valence-electron chi connectivity index (χ1n) is 9.13. The molecule has 3 nitrogen and oxygen atoms in total. The van der Waals surface area contributed by atoms with E-state index in [1.165, 1.54) is 74.3 Å². The Morgan fingerprint density at radius 2 is 1.65 bits per heavy atom. The lowest BCUT2D eigenvalue weighted by Crippen LogP contribution is -2.48. The minimum absolute atomic E-state index is 0.675. The van der Waals surface area contributed by atoms with Crippen LogP contribution in [0.5, 0.6) is 0 Å². The highest BCUT2D eigenvalue weighted by molar-refractivity contribution is 9.10. The van der Waals surface area contributed by atoms with Crippen molar-refractivity contribution >= 4 is 21.6 Å². The van der Waals surface area contributed by atoms with Gasteiger partial charge in [-0.15, -0.1) is 0 Å². The number of benzene rings is 1. The van der Waals surface area contributed by atoms with E-state index in [1.54, 1.807) is 0 Å². The van der Waals surface area contributed by atoms with Gasteiger partial charge in [0.05, 0.1) is 0 Å². The lowest BCUT2D eigenvalue weighted by Gasteiger charge is -2.38. The minimum atomic E-state index is 0.675. The molecule has 2 saturated heterocycles. The van der Waals surface area contributed by atoms with Gasteiger partial charge in [0.25, 0.3) is 0 Å². The second kappa shape index (κ2) is 8.00. The van der Waals surface area contributed by atoms with Gasteiger partial charge in [-0.05, 0) is 50.8 Å². The van der Waals surface area contributed by atoms with Crippen molar-refractivity contribution in [2.45, 2.75) is 45.7 Å². The van der Waals surface area contributed by atoms with Crippen molar-refractivity contribution in [2.75, 3.05) is 44.2 Å². The zero-order chi connectivity index (χ0) is 16.2. The number of hydrogen-bond donors (Lipinski definition) is 0. The van der Waals surface area contributed by atoms with Crippen molar-refractivity contribution in [2.24, 2.45) is 0 Å². The summed E-state index contributed by atoms with van der Waals surface area (Å²) in [5, 5.41) is 0. The van der Waals surface area contributed by atoms with Crippen molar-refractivity contribution in [3.63, 3.8) is 0 Å². The van der Waals surface area contributed by atoms with Gasteiger partial charge >= 0.3 is 0 Å². The molecular weight excluding hydrogens is 350 g/mol. The number of piperazine rings is 1. The predicted octanol–water partition coefficient (Wildman–Crippen LogP) is 3.97. The Morgan fingerprint density at radius 1 is 0.957 bits per heavy atom. The lowest BCUT2D eigenvalue weighted by molar-refractivity contribution is 0.104. The van der Waals surface area contributed by atoms with Crippen LogP contribution in [0.3, 0.4) is 0 Å². The van der Waals surface area contributed by atoms with Crippen LogP contribution in [0.25, 0.3) is 0 Å². The quantitative estimate of drug-likeness (QED) is 0.783. The Balaban J connectivity index is 1.68. The fourth-order valence-electron chi connectivity index (χ4n) is 3.78. The maximum atomic E-state index is 3.66. The van der Waals surface area contributed by atoms with E-state index in [1.807, 2.05) is 0 Å². The Hall–Kier alpha value is -0.580. The SMILES string of the molecule is CC(C)N1CCN(Cc2ccc(Br)cc2N2CCCCC2)CC1. The molecule has 0 unspecified atom stereocenters. The largest absolute Gasteiger partial charge is 0.371 e. The van der Waals surface area contributed by atoms with Crippen LogP contribution < -0.4 is 4.90 Å². The number of nitrogens with zero attached hydrogens (tertiary/aromatic N) is 3. The Labute approximate surface area is 149 Å². The molecule has 1 aromatic rings. The van der Waals surface area contributed by atoms with E-state index in [-0.39, 0.29) is 0 Å². The van der Waals surface area contributed by atoms with Crippen molar-refractivity contribution in [1.82, 2.24) is 9.80 Å². The van der Waals surface area contributed by atoms with E-state index in [9.17, 15) is 0 Å². The number of halogens is 1. The Bertz CT molecular complexity index is 503. The average molecular weight is 380 g/mol. The molecule has 3 rings (SSSR count). The summed E-state index contributed by atoms with van der Waals surface area (Å²) in [7, 11) is 0. The van der Waals surface area contributed by atoms with Crippen LogP contribution in [-0.2, 0) is 6.54 Å². The van der Waals surface area contributed by atoms with E-state index in [2.05, 4.69) is 62.7 Å². The molecule has 2 fully saturated rings. The molecule has 0 aliphatic carbocycles. The molecule has 0 atom stereocenters. The number of piperidine rings is 1. The molecule has 0 amide bonds. The summed E-state index contributed by atoms with van der Waals surface area (Å²) in [4.78, 5) is 7.80. The van der Waals surface area contributed by atoms with Gasteiger partial charge < -0.3 is 4.90 Å². The van der Waals surface area contributed by atoms with Crippen LogP contribution in [0.15, 0.2) is 22.7 Å². The van der Waals surface area contributed by atoms with E-state index in [0.29, 0.717) is 6.04 Å². The molecule has 0 N–H and O–H groups in total. The van der Waals surface area contributed by atoms with E-state index >= 15 is 0 Å². The molecule has 0 aromatic heterocycles. The zero-order valence-electron chi connectivity index (χ0n) is 14.6. The molecule has 0 spiro atoms. The second-order valence-electron chi connectivity index (χ2n) is 7.23. The number of anilines is 1. The number of rotatable bonds is 4. The van der Waals surface area contributed by atoms with E-state index in [4.69, 9.17) is 0 Å². The van der Waals surface area contributed by atoms with Gasteiger partial charge in [-0.2, -0.15) is 0 Å². The monoisotopic (exact) mass is 379 g/mol. The summed E-state index contributed by atoms with van der Waals surface area (Å²) < 4.78 is 1.20. The van der Waals surface area contributed by atoms with Crippen LogP contribution in [0.1, 0.15) is 38.7 Å². The summed E-state index contributed by atoms with van der Waals surface area (Å²) in [6.07, 6.45) is 4.05. The molecule has 128 valence electrons. The van der Waals surface area contributed by atoms with E-state index in [0.717, 1.165) is 6.54 Å². The van der Waals surface area contributed by atoms with Gasteiger partial charge in [0.2, 0.25) is 0 Å². The standard InChI is InChI=1S/C19H30BrN3/c1-16(2)22-12-10-21(11-13-22)15-17-6-7-18(20)14-19(17)23-8-4-3-5-9-23/h6-7,14,16H,3-5,8-13,15H2,1-2H3. The highest BCUT2D eigenvalue weighted by Crippen LogP contribution is 2.29. The fourth-order valence-corrected chi connectivity index (χ4v) is 4.13. The molecular formula is C19H30BrN3. The first-order chi connectivity index (χ1) is 11.1. The van der Waals surface area contributed by atoms with Crippen LogP contribution in [0, 0.1) is 0 Å². The normalized spacial score (nSPS) is 21.1. The summed E-state index contributed by atoms with van der Waals surface area (Å²) in [6, 6.07) is 7.52. The number of hydrogen-bond acceptors (Lipinski definition) is 3. The fraction of sp³-hybridized carbons (Fsp3) is 0.684. The maximum Gasteiger partial charge on any atom is 0.0423 e. The van der Waals surface area contributed by atoms with Gasteiger partial charge in [0.15, 0.2) is 0 Å². The summed E-state index contributed by atoms with van der Waals surface area (Å²) in [6.45, 7) is 12.9. The van der Waals surface area contributed by atoms with Crippen LogP contribution in [0.2, 0.25) is 0 Å². The maximum absolute atomic E-state index is 3.66. The minimum Gasteiger partial charge on any atom is -0.371 e. The third-order valence-corrected chi connectivity index (χ3v) is 5.77. The average Bonchev–Trinajstić information content (AvgIpc) is 2.58. The molecule has 23 heavy (non-hydrogen) atoms. The van der Waals surface area contributed by atoms with Crippen LogP contribution in [-0.4, -0.2) is 55.1 Å². The zero-order valence-corrected chi connectivity index (χ0v) is 16.2. The summed E-state index contributed by atoms with van der Waals surface area (Å²) in [5.41, 5.74) is 2.94. The summed E-state index contributed by atoms with van der Waals surface area (Å²) in [5.74, 6) is 0. The predicted molar refractivity (Wildman–Crippen MR) is 102 cm³/mol. The molecule has 2 aliphatic rings. The van der Waals surface area contributed by atoms with Gasteiger partial charge in [-0.1, -0.05) is 22.0 Å². The highest BCUT2D eigenvalue weighted by atomic mass is 79.9. The third kappa shape index (κ3) is 4.49. The highest BCUT2D eigenvalue weighted by Gasteiger charge is 2.21. The van der Waals surface area contributed by atoms with Gasteiger partial charge in [0, 0.05) is 62.0 Å². The van der Waals surface area contributed by atoms with Gasteiger partial charge in [-0.3, -0.25) is 9.80 Å². The molecule has 2 aliphatic heterocycles. The van der Waals surface area contributed by atoms with Gasteiger partial charge in [-0.25, -0.2) is 0 Å². The van der Waals surface area contributed by atoms with Crippen LogP contribution in [0.4, 0.5) is 5.69 Å². The lowest BCUT2D eigenvalue weighted by atomic mass is 10.1. The third-order valence-electron chi connectivity index (χ3n) is 5.28. The Morgan fingerprint density at radius 3 is 2.30 bits per heavy atom. The molecule has 1 aromatic carbocycles. The smallest absolute Gasteiger partial charge is 0.0423 e. The van der Waals surface area contributed by atoms with Crippen molar-refractivity contribution in [3.05, 3.63) is 28.2 Å². The molecule has 0 saturated carbocycles. The van der Waals surface area contributed by atoms with Crippen molar-refractivity contribution < 1.29 is 0 Å². The molecule has 2 heterocycles. The first-order valence-corrected chi connectivity index (χ1v) is 9.92. The molecule has 4 heteroatoms. The van der Waals surface area contributed by atoms with Crippen molar-refractivity contribution in [3.8, 4) is 0 Å². The topological polar surface area (TPSA) is 9.72 Å². The first kappa shape index (κ1) is 17.2. The summed E-state index contributed by atoms with van der Waals surface area (Å²) >= 11 is 3.66. The molecule has 0 radical (unpaired) electrons. The second-order valence-corrected chi connectivity index (χ2v) is 8.14. The Kier molecular flexibility index (Phi) is 6.00. The van der Waals surface area contributed by atoms with E-state index < -0.39 is 0 Å². The van der Waals surface area contributed by atoms with Crippen molar-refractivity contribution in [1.29, 1.82) is 0 Å². The van der Waals surface area contributed by atoms with Crippen LogP contribution >= 0.6 is 15.9 Å². The molecule has 0 bridgehead atoms. The van der Waals surface area contributed by atoms with Gasteiger partial charge in [0.1, 0.15) is 0 Å².